The summed E-state index contributed by atoms with van der Waals surface area (Å²) in [4.78, 5) is 16.4. The highest BCUT2D eigenvalue weighted by Gasteiger charge is 2.35. The summed E-state index contributed by atoms with van der Waals surface area (Å²) in [7, 11) is 1.59. The smallest absolute Gasteiger partial charge is 0.307 e. The Bertz CT molecular complexity index is 1180. The van der Waals surface area contributed by atoms with E-state index < -0.39 is 5.97 Å². The second-order valence-corrected chi connectivity index (χ2v) is 11.0. The molecule has 2 atom stereocenters. The van der Waals surface area contributed by atoms with Gasteiger partial charge in [0.05, 0.1) is 24.6 Å². The predicted molar refractivity (Wildman–Crippen MR) is 137 cm³/mol. The van der Waals surface area contributed by atoms with Crippen molar-refractivity contribution >= 4 is 28.6 Å². The Labute approximate surface area is 202 Å². The number of methoxy groups -OCH3 is 1. The molecular weight excluding hydrogens is 426 g/mol. The molecule has 0 spiro atoms. The van der Waals surface area contributed by atoms with E-state index >= 15 is 0 Å². The summed E-state index contributed by atoms with van der Waals surface area (Å²) in [5.74, 6) is 1.58. The Morgan fingerprint density at radius 3 is 2.53 bits per heavy atom. The number of nitrogens with one attached hydrogen (secondary N) is 1. The number of nitrogens with zero attached hydrogens (tertiary/aromatic N) is 2. The van der Waals surface area contributed by atoms with Crippen LogP contribution in [0, 0.1) is 11.3 Å². The summed E-state index contributed by atoms with van der Waals surface area (Å²) in [5, 5.41) is 12.9. The van der Waals surface area contributed by atoms with Crippen LogP contribution in [0.15, 0.2) is 36.4 Å². The first-order chi connectivity index (χ1) is 16.1. The van der Waals surface area contributed by atoms with E-state index in [9.17, 15) is 9.90 Å². The van der Waals surface area contributed by atoms with Gasteiger partial charge in [0.2, 0.25) is 5.95 Å². The van der Waals surface area contributed by atoms with E-state index in [1.165, 1.54) is 12.0 Å². The van der Waals surface area contributed by atoms with Gasteiger partial charge in [-0.3, -0.25) is 4.79 Å². The highest BCUT2D eigenvalue weighted by atomic mass is 16.5. The molecule has 1 saturated carbocycles. The quantitative estimate of drug-likeness (QED) is 0.397. The molecule has 2 N–H and O–H groups in total. The maximum atomic E-state index is 11.4. The molecular formula is C28H37N3O3. The number of aromatic nitrogens is 2. The van der Waals surface area contributed by atoms with E-state index in [1.54, 1.807) is 7.11 Å². The van der Waals surface area contributed by atoms with Crippen LogP contribution in [0.3, 0.4) is 0 Å². The first-order valence-corrected chi connectivity index (χ1v) is 12.2. The topological polar surface area (TPSA) is 76.4 Å². The van der Waals surface area contributed by atoms with Gasteiger partial charge in [-0.15, -0.1) is 0 Å². The Morgan fingerprint density at radius 1 is 1.24 bits per heavy atom. The number of ether oxygens (including phenoxy) is 1. The zero-order valence-corrected chi connectivity index (χ0v) is 21.2. The van der Waals surface area contributed by atoms with Gasteiger partial charge in [0.25, 0.3) is 0 Å². The molecule has 34 heavy (non-hydrogen) atoms. The summed E-state index contributed by atoms with van der Waals surface area (Å²) in [6.07, 6.45) is 3.25. The third kappa shape index (κ3) is 5.06. The van der Waals surface area contributed by atoms with Gasteiger partial charge in [-0.05, 0) is 60.3 Å². The van der Waals surface area contributed by atoms with Crippen LogP contribution in [-0.2, 0) is 11.2 Å². The molecule has 0 aliphatic heterocycles. The van der Waals surface area contributed by atoms with Crippen LogP contribution >= 0.6 is 0 Å². The van der Waals surface area contributed by atoms with E-state index in [2.05, 4.69) is 68.8 Å². The summed E-state index contributed by atoms with van der Waals surface area (Å²) in [5.41, 5.74) is 4.92. The van der Waals surface area contributed by atoms with E-state index in [1.807, 2.05) is 12.1 Å². The fraction of sp³-hybridized carbons (Fsp3) is 0.500. The fourth-order valence-corrected chi connectivity index (χ4v) is 5.69. The maximum Gasteiger partial charge on any atom is 0.307 e. The number of aliphatic carboxylic acids is 1. The lowest BCUT2D eigenvalue weighted by molar-refractivity contribution is -0.136. The molecule has 3 aromatic rings. The number of carboxylic acid groups (broad SMARTS) is 1. The molecule has 0 amide bonds. The molecule has 6 heteroatoms. The number of rotatable bonds is 7. The van der Waals surface area contributed by atoms with Gasteiger partial charge in [-0.1, -0.05) is 46.8 Å². The van der Waals surface area contributed by atoms with Gasteiger partial charge >= 0.3 is 5.97 Å². The van der Waals surface area contributed by atoms with Gasteiger partial charge in [-0.25, -0.2) is 4.98 Å². The normalized spacial score (nSPS) is 20.0. The molecule has 6 nitrogen and oxygen atoms in total. The molecule has 1 aromatic heterocycles. The monoisotopic (exact) mass is 463 g/mol. The van der Waals surface area contributed by atoms with Crippen LogP contribution in [0.4, 0.5) is 11.6 Å². The first kappa shape index (κ1) is 24.1. The van der Waals surface area contributed by atoms with Gasteiger partial charge in [0.15, 0.2) is 0 Å². The van der Waals surface area contributed by atoms with Crippen LogP contribution in [-0.4, -0.2) is 27.7 Å². The van der Waals surface area contributed by atoms with Crippen molar-refractivity contribution < 1.29 is 14.6 Å². The number of anilines is 2. The van der Waals surface area contributed by atoms with E-state index in [4.69, 9.17) is 9.72 Å². The third-order valence-corrected chi connectivity index (χ3v) is 7.00. The summed E-state index contributed by atoms with van der Waals surface area (Å²) in [6.45, 7) is 11.4. The minimum absolute atomic E-state index is 0.0983. The second kappa shape index (κ2) is 9.32. The lowest BCUT2D eigenvalue weighted by Gasteiger charge is -2.40. The van der Waals surface area contributed by atoms with Crippen molar-refractivity contribution in [3.8, 4) is 5.75 Å². The van der Waals surface area contributed by atoms with Crippen molar-refractivity contribution in [2.24, 2.45) is 11.3 Å². The molecule has 1 aliphatic rings. The summed E-state index contributed by atoms with van der Waals surface area (Å²) in [6, 6.07) is 12.6. The number of hydrogen-bond donors (Lipinski definition) is 2. The number of carbonyl (C=O) groups is 1. The van der Waals surface area contributed by atoms with Gasteiger partial charge in [-0.2, -0.15) is 0 Å². The Kier molecular flexibility index (Phi) is 6.61. The van der Waals surface area contributed by atoms with Gasteiger partial charge in [0.1, 0.15) is 5.75 Å². The second-order valence-electron chi connectivity index (χ2n) is 11.0. The van der Waals surface area contributed by atoms with Crippen LogP contribution in [0.5, 0.6) is 5.75 Å². The van der Waals surface area contributed by atoms with E-state index in [0.29, 0.717) is 23.1 Å². The summed E-state index contributed by atoms with van der Waals surface area (Å²) >= 11 is 0. The van der Waals surface area contributed by atoms with Crippen molar-refractivity contribution in [2.75, 3.05) is 12.4 Å². The molecule has 1 aliphatic carbocycles. The van der Waals surface area contributed by atoms with Crippen molar-refractivity contribution in [2.45, 2.75) is 72.3 Å². The van der Waals surface area contributed by atoms with Crippen molar-refractivity contribution in [1.29, 1.82) is 0 Å². The molecule has 0 bridgehead atoms. The van der Waals surface area contributed by atoms with Gasteiger partial charge in [0, 0.05) is 23.4 Å². The molecule has 182 valence electrons. The van der Waals surface area contributed by atoms with Crippen molar-refractivity contribution in [3.63, 3.8) is 0 Å². The molecule has 4 rings (SSSR count). The predicted octanol–water partition coefficient (Wildman–Crippen LogP) is 6.93. The van der Waals surface area contributed by atoms with Crippen LogP contribution in [0.2, 0.25) is 0 Å². The van der Waals surface area contributed by atoms with E-state index in [-0.39, 0.29) is 17.9 Å². The third-order valence-electron chi connectivity index (χ3n) is 7.00. The first-order valence-electron chi connectivity index (χ1n) is 12.2. The van der Waals surface area contributed by atoms with Crippen LogP contribution < -0.4 is 10.1 Å². The average molecular weight is 464 g/mol. The van der Waals surface area contributed by atoms with E-state index in [0.717, 1.165) is 35.5 Å². The van der Waals surface area contributed by atoms with Crippen LogP contribution in [0.1, 0.15) is 77.0 Å². The minimum Gasteiger partial charge on any atom is -0.496 e. The number of imidazole rings is 1. The van der Waals surface area contributed by atoms with Crippen molar-refractivity contribution in [3.05, 3.63) is 47.5 Å². The fourth-order valence-electron chi connectivity index (χ4n) is 5.69. The SMILES string of the molecule is COc1cc2c(cc1CC(=O)O)nc(Nc1ccc(C(C)C)cc1)n2[C@@H]1C[C@@H](C)CC(C)(C)C1. The zero-order chi connectivity index (χ0) is 24.6. The molecule has 0 radical (unpaired) electrons. The maximum absolute atomic E-state index is 11.4. The minimum atomic E-state index is -0.886. The number of fused-ring (bicyclic) bond motifs is 1. The highest BCUT2D eigenvalue weighted by Crippen LogP contribution is 2.46. The lowest BCUT2D eigenvalue weighted by Crippen LogP contribution is -2.29. The Balaban J connectivity index is 1.83. The molecule has 1 heterocycles. The average Bonchev–Trinajstić information content (AvgIpc) is 3.08. The molecule has 0 unspecified atom stereocenters. The summed E-state index contributed by atoms with van der Waals surface area (Å²) < 4.78 is 7.91. The Hall–Kier alpha value is -3.02. The Morgan fingerprint density at radius 2 is 1.94 bits per heavy atom. The highest BCUT2D eigenvalue weighted by molar-refractivity contribution is 5.84. The van der Waals surface area contributed by atoms with Crippen LogP contribution in [0.25, 0.3) is 11.0 Å². The molecule has 1 fully saturated rings. The lowest BCUT2D eigenvalue weighted by atomic mass is 9.70. The molecule has 2 aromatic carbocycles. The zero-order valence-electron chi connectivity index (χ0n) is 21.2. The number of carboxylic acids is 1. The van der Waals surface area contributed by atoms with Crippen molar-refractivity contribution in [1.82, 2.24) is 9.55 Å². The standard InChI is InChI=1S/C28H37N3O3/c1-17(2)19-7-9-21(10-8-19)29-27-30-23-12-20(13-26(32)33)25(34-6)14-24(23)31(27)22-11-18(3)15-28(4,5)16-22/h7-10,12,14,17-18,22H,11,13,15-16H2,1-6H3,(H,29,30)(H,32,33)/t18-,22-/m1/s1. The number of benzene rings is 2. The van der Waals surface area contributed by atoms with Gasteiger partial charge < -0.3 is 19.7 Å². The number of hydrogen-bond acceptors (Lipinski definition) is 4. The largest absolute Gasteiger partial charge is 0.496 e. The molecule has 0 saturated heterocycles.